The Kier molecular flexibility index (Phi) is 4.02. The van der Waals surface area contributed by atoms with E-state index in [9.17, 15) is 4.79 Å². The molecule has 1 amide bonds. The van der Waals surface area contributed by atoms with Gasteiger partial charge in [-0.2, -0.15) is 0 Å². The molecule has 1 saturated heterocycles. The van der Waals surface area contributed by atoms with Crippen LogP contribution in [0, 0.1) is 13.8 Å². The van der Waals surface area contributed by atoms with Gasteiger partial charge in [0.15, 0.2) is 0 Å². The Hall–Kier alpha value is -1.35. The highest BCUT2D eigenvalue weighted by molar-refractivity contribution is 5.79. The first-order chi connectivity index (χ1) is 8.56. The zero-order valence-electron chi connectivity index (χ0n) is 11.3. The zero-order chi connectivity index (χ0) is 13.1. The summed E-state index contributed by atoms with van der Waals surface area (Å²) in [5.41, 5.74) is 9.48. The first-order valence-electron chi connectivity index (χ1n) is 6.66. The summed E-state index contributed by atoms with van der Waals surface area (Å²) in [6.07, 6.45) is 2.37. The number of nitrogens with two attached hydrogens (primary N) is 1. The molecule has 0 saturated carbocycles. The van der Waals surface area contributed by atoms with E-state index in [4.69, 9.17) is 5.73 Å². The van der Waals surface area contributed by atoms with E-state index in [1.807, 2.05) is 4.90 Å². The monoisotopic (exact) mass is 246 g/mol. The number of carbonyl (C=O) groups is 1. The van der Waals surface area contributed by atoms with Crippen molar-refractivity contribution in [1.29, 1.82) is 0 Å². The molecule has 1 aromatic carbocycles. The highest BCUT2D eigenvalue weighted by Crippen LogP contribution is 2.13. The number of carbonyl (C=O) groups excluding carboxylic acids is 1. The molecule has 3 nitrogen and oxygen atoms in total. The third kappa shape index (κ3) is 3.10. The number of aryl methyl sites for hydroxylation is 2. The van der Waals surface area contributed by atoms with Crippen LogP contribution in [0.25, 0.3) is 0 Å². The van der Waals surface area contributed by atoms with Crippen LogP contribution < -0.4 is 5.73 Å². The molecule has 3 heteroatoms. The second-order valence-electron chi connectivity index (χ2n) is 5.31. The Bertz CT molecular complexity index is 434. The molecule has 1 heterocycles. The summed E-state index contributed by atoms with van der Waals surface area (Å²) in [5.74, 6) is 0.227. The summed E-state index contributed by atoms with van der Waals surface area (Å²) >= 11 is 0. The predicted molar refractivity (Wildman–Crippen MR) is 73.4 cm³/mol. The fourth-order valence-electron chi connectivity index (χ4n) is 2.35. The van der Waals surface area contributed by atoms with Gasteiger partial charge in [0, 0.05) is 19.1 Å². The lowest BCUT2D eigenvalue weighted by molar-refractivity contribution is -0.131. The molecular weight excluding hydrogens is 224 g/mol. The lowest BCUT2D eigenvalue weighted by Crippen LogP contribution is -2.43. The van der Waals surface area contributed by atoms with Gasteiger partial charge in [-0.1, -0.05) is 18.2 Å². The van der Waals surface area contributed by atoms with Crippen LogP contribution >= 0.6 is 0 Å². The van der Waals surface area contributed by atoms with Crippen LogP contribution in [0.5, 0.6) is 0 Å². The molecule has 2 N–H and O–H groups in total. The van der Waals surface area contributed by atoms with Crippen LogP contribution in [0.2, 0.25) is 0 Å². The van der Waals surface area contributed by atoms with Crippen LogP contribution in [0.3, 0.4) is 0 Å². The topological polar surface area (TPSA) is 46.3 Å². The van der Waals surface area contributed by atoms with Crippen molar-refractivity contribution in [2.75, 3.05) is 13.1 Å². The van der Waals surface area contributed by atoms with E-state index in [1.165, 1.54) is 11.1 Å². The number of piperidine rings is 1. The average Bonchev–Trinajstić information content (AvgIpc) is 2.34. The van der Waals surface area contributed by atoms with Gasteiger partial charge in [0.2, 0.25) is 5.91 Å². The molecule has 1 aromatic rings. The van der Waals surface area contributed by atoms with Gasteiger partial charge in [0.05, 0.1) is 6.42 Å². The molecular formula is C15H22N2O. The van der Waals surface area contributed by atoms with Gasteiger partial charge in [-0.15, -0.1) is 0 Å². The number of amides is 1. The first-order valence-corrected chi connectivity index (χ1v) is 6.66. The zero-order valence-corrected chi connectivity index (χ0v) is 11.3. The van der Waals surface area contributed by atoms with Gasteiger partial charge in [0.1, 0.15) is 0 Å². The van der Waals surface area contributed by atoms with E-state index in [2.05, 4.69) is 32.0 Å². The quantitative estimate of drug-likeness (QED) is 0.865. The molecule has 0 spiro atoms. The third-order valence-electron chi connectivity index (χ3n) is 3.82. The van der Waals surface area contributed by atoms with E-state index in [0.29, 0.717) is 6.42 Å². The molecule has 0 bridgehead atoms. The fourth-order valence-corrected chi connectivity index (χ4v) is 2.35. The van der Waals surface area contributed by atoms with Crippen molar-refractivity contribution in [2.24, 2.45) is 5.73 Å². The van der Waals surface area contributed by atoms with Gasteiger partial charge in [0.25, 0.3) is 0 Å². The van der Waals surface area contributed by atoms with Crippen molar-refractivity contribution in [3.63, 3.8) is 0 Å². The number of rotatable bonds is 2. The molecule has 1 aliphatic rings. The minimum atomic E-state index is 0.227. The Morgan fingerprint density at radius 2 is 1.94 bits per heavy atom. The Labute approximate surface area is 109 Å². The summed E-state index contributed by atoms with van der Waals surface area (Å²) in [6.45, 7) is 5.80. The summed E-state index contributed by atoms with van der Waals surface area (Å²) in [7, 11) is 0. The van der Waals surface area contributed by atoms with Crippen LogP contribution in [-0.2, 0) is 11.2 Å². The number of hydrogen-bond acceptors (Lipinski definition) is 2. The highest BCUT2D eigenvalue weighted by atomic mass is 16.2. The summed E-state index contributed by atoms with van der Waals surface area (Å²) in [5, 5.41) is 0. The lowest BCUT2D eigenvalue weighted by Gasteiger charge is -2.30. The summed E-state index contributed by atoms with van der Waals surface area (Å²) in [6, 6.07) is 6.53. The Morgan fingerprint density at radius 1 is 1.28 bits per heavy atom. The fraction of sp³-hybridized carbons (Fsp3) is 0.533. The summed E-state index contributed by atoms with van der Waals surface area (Å²) < 4.78 is 0. The minimum absolute atomic E-state index is 0.227. The molecule has 0 aromatic heterocycles. The van der Waals surface area contributed by atoms with Gasteiger partial charge >= 0.3 is 0 Å². The van der Waals surface area contributed by atoms with Gasteiger partial charge in [-0.3, -0.25) is 4.79 Å². The maximum Gasteiger partial charge on any atom is 0.226 e. The van der Waals surface area contributed by atoms with Gasteiger partial charge < -0.3 is 10.6 Å². The summed E-state index contributed by atoms with van der Waals surface area (Å²) in [4.78, 5) is 14.1. The van der Waals surface area contributed by atoms with Crippen molar-refractivity contribution >= 4 is 5.91 Å². The van der Waals surface area contributed by atoms with Crippen LogP contribution in [0.1, 0.15) is 29.5 Å². The molecule has 0 atom stereocenters. The number of likely N-dealkylation sites (tertiary alicyclic amines) is 1. The van der Waals surface area contributed by atoms with Gasteiger partial charge in [-0.05, 0) is 43.4 Å². The smallest absolute Gasteiger partial charge is 0.226 e. The van der Waals surface area contributed by atoms with E-state index in [0.717, 1.165) is 31.5 Å². The molecule has 0 radical (unpaired) electrons. The van der Waals surface area contributed by atoms with Crippen molar-refractivity contribution < 1.29 is 4.79 Å². The van der Waals surface area contributed by atoms with Crippen molar-refractivity contribution in [3.05, 3.63) is 34.9 Å². The molecule has 1 aliphatic heterocycles. The molecule has 98 valence electrons. The standard InChI is InChI=1S/C15H22N2O/c1-11-3-4-13(9-12(11)2)10-15(18)17-7-5-14(16)6-8-17/h3-4,9,14H,5-8,10,16H2,1-2H3. The number of benzene rings is 1. The van der Waals surface area contributed by atoms with Crippen LogP contribution in [0.15, 0.2) is 18.2 Å². The van der Waals surface area contributed by atoms with E-state index < -0.39 is 0 Å². The van der Waals surface area contributed by atoms with Gasteiger partial charge in [-0.25, -0.2) is 0 Å². The number of nitrogens with zero attached hydrogens (tertiary/aromatic N) is 1. The van der Waals surface area contributed by atoms with Crippen molar-refractivity contribution in [2.45, 2.75) is 39.2 Å². The Balaban J connectivity index is 1.96. The SMILES string of the molecule is Cc1ccc(CC(=O)N2CCC(N)CC2)cc1C. The maximum absolute atomic E-state index is 12.2. The second kappa shape index (κ2) is 5.53. The van der Waals surface area contributed by atoms with Crippen LogP contribution in [-0.4, -0.2) is 29.9 Å². The first kappa shape index (κ1) is 13.1. The molecule has 2 rings (SSSR count). The second-order valence-corrected chi connectivity index (χ2v) is 5.31. The average molecular weight is 246 g/mol. The lowest BCUT2D eigenvalue weighted by atomic mass is 10.0. The van der Waals surface area contributed by atoms with E-state index >= 15 is 0 Å². The molecule has 18 heavy (non-hydrogen) atoms. The third-order valence-corrected chi connectivity index (χ3v) is 3.82. The van der Waals surface area contributed by atoms with Crippen LogP contribution in [0.4, 0.5) is 0 Å². The van der Waals surface area contributed by atoms with E-state index in [1.54, 1.807) is 0 Å². The van der Waals surface area contributed by atoms with Crippen molar-refractivity contribution in [3.8, 4) is 0 Å². The molecule has 0 aliphatic carbocycles. The number of hydrogen-bond donors (Lipinski definition) is 1. The molecule has 0 unspecified atom stereocenters. The maximum atomic E-state index is 12.2. The predicted octanol–water partition coefficient (Wildman–Crippen LogP) is 1.80. The van der Waals surface area contributed by atoms with E-state index in [-0.39, 0.29) is 11.9 Å². The molecule has 1 fully saturated rings. The highest BCUT2D eigenvalue weighted by Gasteiger charge is 2.20. The largest absolute Gasteiger partial charge is 0.342 e. The Morgan fingerprint density at radius 3 is 2.56 bits per heavy atom. The van der Waals surface area contributed by atoms with Crippen molar-refractivity contribution in [1.82, 2.24) is 4.90 Å². The normalized spacial score (nSPS) is 16.9. The minimum Gasteiger partial charge on any atom is -0.342 e.